The van der Waals surface area contributed by atoms with Crippen LogP contribution in [0, 0.1) is 0 Å². The Balaban J connectivity index is 1.93. The maximum absolute atomic E-state index is 11.9. The SMILES string of the molecule is CCCCOc1ccc(/C=C/C(=O)c2ccccc2)cc1. The summed E-state index contributed by atoms with van der Waals surface area (Å²) in [6.45, 7) is 2.89. The van der Waals surface area contributed by atoms with Gasteiger partial charge in [0.05, 0.1) is 6.61 Å². The Bertz CT molecular complexity index is 583. The molecule has 0 fully saturated rings. The van der Waals surface area contributed by atoms with Crippen LogP contribution in [-0.2, 0) is 0 Å². The van der Waals surface area contributed by atoms with Crippen LogP contribution >= 0.6 is 0 Å². The molecule has 0 atom stereocenters. The molecule has 0 aromatic heterocycles. The van der Waals surface area contributed by atoms with Gasteiger partial charge in [0.25, 0.3) is 0 Å². The summed E-state index contributed by atoms with van der Waals surface area (Å²) in [5.41, 5.74) is 1.69. The zero-order chi connectivity index (χ0) is 14.9. The first-order valence-electron chi connectivity index (χ1n) is 7.30. The second kappa shape index (κ2) is 8.05. The second-order valence-electron chi connectivity index (χ2n) is 4.83. The average Bonchev–Trinajstić information content (AvgIpc) is 2.55. The van der Waals surface area contributed by atoms with Crippen LogP contribution < -0.4 is 4.74 Å². The monoisotopic (exact) mass is 280 g/mol. The Hall–Kier alpha value is -2.35. The second-order valence-corrected chi connectivity index (χ2v) is 4.83. The minimum atomic E-state index is 0.0128. The highest BCUT2D eigenvalue weighted by molar-refractivity contribution is 6.06. The van der Waals surface area contributed by atoms with Gasteiger partial charge in [-0.15, -0.1) is 0 Å². The van der Waals surface area contributed by atoms with Gasteiger partial charge >= 0.3 is 0 Å². The van der Waals surface area contributed by atoms with Crippen molar-refractivity contribution >= 4 is 11.9 Å². The molecule has 0 aliphatic rings. The first-order valence-corrected chi connectivity index (χ1v) is 7.30. The average molecular weight is 280 g/mol. The van der Waals surface area contributed by atoms with Crippen molar-refractivity contribution < 1.29 is 9.53 Å². The minimum absolute atomic E-state index is 0.0128. The van der Waals surface area contributed by atoms with Crippen LogP contribution in [0.2, 0.25) is 0 Å². The number of hydrogen-bond donors (Lipinski definition) is 0. The van der Waals surface area contributed by atoms with Crippen molar-refractivity contribution in [2.24, 2.45) is 0 Å². The molecule has 0 bridgehead atoms. The van der Waals surface area contributed by atoms with E-state index in [1.54, 1.807) is 6.08 Å². The number of allylic oxidation sites excluding steroid dienone is 1. The predicted molar refractivity (Wildman–Crippen MR) is 86.7 cm³/mol. The molecule has 0 heterocycles. The van der Waals surface area contributed by atoms with Gasteiger partial charge < -0.3 is 4.74 Å². The minimum Gasteiger partial charge on any atom is -0.494 e. The number of carbonyl (C=O) groups is 1. The predicted octanol–water partition coefficient (Wildman–Crippen LogP) is 4.76. The Morgan fingerprint density at radius 1 is 1.05 bits per heavy atom. The van der Waals surface area contributed by atoms with Crippen LogP contribution in [0.3, 0.4) is 0 Å². The largest absolute Gasteiger partial charge is 0.494 e. The number of benzene rings is 2. The van der Waals surface area contributed by atoms with Gasteiger partial charge in [-0.25, -0.2) is 0 Å². The molecule has 0 saturated carbocycles. The van der Waals surface area contributed by atoms with Gasteiger partial charge in [-0.05, 0) is 30.2 Å². The Kier molecular flexibility index (Phi) is 5.77. The van der Waals surface area contributed by atoms with Crippen LogP contribution in [0.4, 0.5) is 0 Å². The van der Waals surface area contributed by atoms with E-state index < -0.39 is 0 Å². The van der Waals surface area contributed by atoms with Gasteiger partial charge in [-0.2, -0.15) is 0 Å². The Morgan fingerprint density at radius 2 is 1.76 bits per heavy atom. The Labute approximate surface area is 126 Å². The lowest BCUT2D eigenvalue weighted by Gasteiger charge is -2.04. The topological polar surface area (TPSA) is 26.3 Å². The standard InChI is InChI=1S/C19H20O2/c1-2-3-15-21-18-12-9-16(10-13-18)11-14-19(20)17-7-5-4-6-8-17/h4-14H,2-3,15H2,1H3/b14-11+. The van der Waals surface area contributed by atoms with Gasteiger partial charge in [-0.1, -0.05) is 61.9 Å². The van der Waals surface area contributed by atoms with Crippen molar-refractivity contribution in [3.05, 3.63) is 71.8 Å². The van der Waals surface area contributed by atoms with Crippen LogP contribution in [0.1, 0.15) is 35.7 Å². The maximum Gasteiger partial charge on any atom is 0.185 e. The summed E-state index contributed by atoms with van der Waals surface area (Å²) in [6.07, 6.45) is 5.61. The van der Waals surface area contributed by atoms with E-state index in [1.165, 1.54) is 0 Å². The smallest absolute Gasteiger partial charge is 0.185 e. The van der Waals surface area contributed by atoms with Crippen molar-refractivity contribution in [3.8, 4) is 5.75 Å². The van der Waals surface area contributed by atoms with Crippen LogP contribution in [-0.4, -0.2) is 12.4 Å². The molecule has 0 aliphatic carbocycles. The molecule has 2 aromatic carbocycles. The molecule has 2 heteroatoms. The summed E-state index contributed by atoms with van der Waals surface area (Å²) in [5, 5.41) is 0. The number of carbonyl (C=O) groups excluding carboxylic acids is 1. The quantitative estimate of drug-likeness (QED) is 0.415. The van der Waals surface area contributed by atoms with Crippen molar-refractivity contribution in [1.82, 2.24) is 0 Å². The van der Waals surface area contributed by atoms with E-state index in [2.05, 4.69) is 6.92 Å². The van der Waals surface area contributed by atoms with E-state index in [1.807, 2.05) is 60.7 Å². The molecule has 108 valence electrons. The van der Waals surface area contributed by atoms with E-state index in [0.717, 1.165) is 30.8 Å². The van der Waals surface area contributed by atoms with Crippen molar-refractivity contribution in [1.29, 1.82) is 0 Å². The fourth-order valence-corrected chi connectivity index (χ4v) is 1.88. The fraction of sp³-hybridized carbons (Fsp3) is 0.211. The zero-order valence-corrected chi connectivity index (χ0v) is 12.3. The third-order valence-electron chi connectivity index (χ3n) is 3.13. The van der Waals surface area contributed by atoms with E-state index in [0.29, 0.717) is 5.56 Å². The van der Waals surface area contributed by atoms with Crippen molar-refractivity contribution in [2.75, 3.05) is 6.61 Å². The van der Waals surface area contributed by atoms with Crippen LogP contribution in [0.15, 0.2) is 60.7 Å². The first-order chi connectivity index (χ1) is 10.3. The van der Waals surface area contributed by atoms with Gasteiger partial charge in [0, 0.05) is 5.56 Å². The molecule has 21 heavy (non-hydrogen) atoms. The Morgan fingerprint density at radius 3 is 2.43 bits per heavy atom. The van der Waals surface area contributed by atoms with E-state index in [9.17, 15) is 4.79 Å². The molecule has 2 aromatic rings. The molecule has 0 spiro atoms. The summed E-state index contributed by atoms with van der Waals surface area (Å²) in [7, 11) is 0. The van der Waals surface area contributed by atoms with Crippen molar-refractivity contribution in [3.63, 3.8) is 0 Å². The van der Waals surface area contributed by atoms with E-state index in [4.69, 9.17) is 4.74 Å². The number of ketones is 1. The fourth-order valence-electron chi connectivity index (χ4n) is 1.88. The lowest BCUT2D eigenvalue weighted by molar-refractivity contribution is 0.104. The number of ether oxygens (including phenoxy) is 1. The highest BCUT2D eigenvalue weighted by Crippen LogP contribution is 2.14. The summed E-state index contributed by atoms with van der Waals surface area (Å²) in [4.78, 5) is 11.9. The molecule has 0 radical (unpaired) electrons. The normalized spacial score (nSPS) is 10.7. The van der Waals surface area contributed by atoms with E-state index >= 15 is 0 Å². The van der Waals surface area contributed by atoms with Crippen LogP contribution in [0.5, 0.6) is 5.75 Å². The summed E-state index contributed by atoms with van der Waals surface area (Å²) in [6, 6.07) is 17.0. The molecular formula is C19H20O2. The summed E-state index contributed by atoms with van der Waals surface area (Å²) >= 11 is 0. The van der Waals surface area contributed by atoms with Crippen molar-refractivity contribution in [2.45, 2.75) is 19.8 Å². The third kappa shape index (κ3) is 4.92. The summed E-state index contributed by atoms with van der Waals surface area (Å²) < 4.78 is 5.61. The van der Waals surface area contributed by atoms with Gasteiger partial charge in [0.2, 0.25) is 0 Å². The number of hydrogen-bond acceptors (Lipinski definition) is 2. The van der Waals surface area contributed by atoms with E-state index in [-0.39, 0.29) is 5.78 Å². The molecule has 0 amide bonds. The first kappa shape index (κ1) is 15.0. The summed E-state index contributed by atoms with van der Waals surface area (Å²) in [5.74, 6) is 0.883. The molecule has 0 N–H and O–H groups in total. The highest BCUT2D eigenvalue weighted by atomic mass is 16.5. The molecule has 0 unspecified atom stereocenters. The maximum atomic E-state index is 11.9. The number of rotatable bonds is 7. The van der Waals surface area contributed by atoms with Crippen LogP contribution in [0.25, 0.3) is 6.08 Å². The molecule has 2 nitrogen and oxygen atoms in total. The van der Waals surface area contributed by atoms with Gasteiger partial charge in [0.1, 0.15) is 5.75 Å². The van der Waals surface area contributed by atoms with Gasteiger partial charge in [-0.3, -0.25) is 4.79 Å². The molecular weight excluding hydrogens is 260 g/mol. The molecule has 2 rings (SSSR count). The zero-order valence-electron chi connectivity index (χ0n) is 12.3. The lowest BCUT2D eigenvalue weighted by atomic mass is 10.1. The number of unbranched alkanes of at least 4 members (excludes halogenated alkanes) is 1. The lowest BCUT2D eigenvalue weighted by Crippen LogP contribution is -1.96. The third-order valence-corrected chi connectivity index (χ3v) is 3.13. The highest BCUT2D eigenvalue weighted by Gasteiger charge is 1.99. The van der Waals surface area contributed by atoms with Gasteiger partial charge in [0.15, 0.2) is 5.78 Å². The molecule has 0 aliphatic heterocycles. The molecule has 0 saturated heterocycles.